The fourth-order valence-corrected chi connectivity index (χ4v) is 4.50. The first-order chi connectivity index (χ1) is 19.4. The number of hydrogen-bond acceptors (Lipinski definition) is 7. The summed E-state index contributed by atoms with van der Waals surface area (Å²) in [5, 5.41) is 16.1. The monoisotopic (exact) mass is 598 g/mol. The number of ether oxygens (including phenoxy) is 2. The van der Waals surface area contributed by atoms with Crippen molar-refractivity contribution in [2.45, 2.75) is 13.5 Å². The number of halogens is 1. The van der Waals surface area contributed by atoms with Gasteiger partial charge >= 0.3 is 0 Å². The molecule has 0 unspecified atom stereocenters. The van der Waals surface area contributed by atoms with Crippen LogP contribution in [0.3, 0.4) is 0 Å². The molecule has 0 atom stereocenters. The summed E-state index contributed by atoms with van der Waals surface area (Å²) in [6, 6.07) is 26.3. The number of hydrogen-bond donors (Lipinski definition) is 0. The fraction of sp³-hybridized carbons (Fsp3) is 0.100. The summed E-state index contributed by atoms with van der Waals surface area (Å²) >= 11 is 3.57. The molecule has 40 heavy (non-hydrogen) atoms. The largest absolute Gasteiger partial charge is 0.490 e. The molecule has 9 nitrogen and oxygen atoms in total. The molecular formula is C30H23BrN4O5. The highest BCUT2D eigenvalue weighted by Gasteiger charge is 2.14. The molecule has 0 spiro atoms. The van der Waals surface area contributed by atoms with Crippen LogP contribution in [0.5, 0.6) is 11.5 Å². The molecule has 1 aromatic heterocycles. The van der Waals surface area contributed by atoms with E-state index in [4.69, 9.17) is 14.5 Å². The SMILES string of the molecule is CCOc1cc(C=Nn2c(-c3ccccc3)nc3ccccc3c2=O)c(Br)cc1OCc1cccc([N+](=O)[O-])c1. The maximum atomic E-state index is 13.4. The minimum Gasteiger partial charge on any atom is -0.490 e. The van der Waals surface area contributed by atoms with Crippen molar-refractivity contribution in [3.63, 3.8) is 0 Å². The molecule has 4 aromatic carbocycles. The van der Waals surface area contributed by atoms with Gasteiger partial charge in [-0.2, -0.15) is 9.78 Å². The van der Waals surface area contributed by atoms with Crippen LogP contribution in [0, 0.1) is 10.1 Å². The average Bonchev–Trinajstić information content (AvgIpc) is 2.97. The van der Waals surface area contributed by atoms with Crippen molar-refractivity contribution < 1.29 is 14.4 Å². The van der Waals surface area contributed by atoms with Crippen LogP contribution in [0.4, 0.5) is 5.69 Å². The molecule has 0 aliphatic carbocycles. The Balaban J connectivity index is 1.51. The zero-order valence-corrected chi connectivity index (χ0v) is 22.9. The zero-order chi connectivity index (χ0) is 28.1. The lowest BCUT2D eigenvalue weighted by Crippen LogP contribution is -2.20. The average molecular weight is 599 g/mol. The normalized spacial score (nSPS) is 11.2. The van der Waals surface area contributed by atoms with Gasteiger partial charge in [0.2, 0.25) is 0 Å². The van der Waals surface area contributed by atoms with Crippen molar-refractivity contribution in [3.8, 4) is 22.9 Å². The number of fused-ring (bicyclic) bond motifs is 1. The molecule has 5 aromatic rings. The van der Waals surface area contributed by atoms with Gasteiger partial charge in [0, 0.05) is 27.7 Å². The van der Waals surface area contributed by atoms with Gasteiger partial charge in [-0.15, -0.1) is 0 Å². The van der Waals surface area contributed by atoms with Crippen LogP contribution < -0.4 is 15.0 Å². The molecule has 0 saturated carbocycles. The van der Waals surface area contributed by atoms with Crippen LogP contribution in [0.2, 0.25) is 0 Å². The highest BCUT2D eigenvalue weighted by molar-refractivity contribution is 9.10. The second-order valence-corrected chi connectivity index (χ2v) is 9.50. The molecule has 0 fully saturated rings. The first kappa shape index (κ1) is 26.8. The molecule has 0 saturated heterocycles. The van der Waals surface area contributed by atoms with Crippen LogP contribution >= 0.6 is 15.9 Å². The molecule has 1 heterocycles. The summed E-state index contributed by atoms with van der Waals surface area (Å²) < 4.78 is 13.7. The number of nitro groups is 1. The van der Waals surface area contributed by atoms with Crippen molar-refractivity contribution >= 4 is 38.7 Å². The summed E-state index contributed by atoms with van der Waals surface area (Å²) in [7, 11) is 0. The Bertz CT molecular complexity index is 1790. The highest BCUT2D eigenvalue weighted by Crippen LogP contribution is 2.34. The number of non-ortho nitro benzene ring substituents is 1. The van der Waals surface area contributed by atoms with Crippen molar-refractivity contribution in [1.82, 2.24) is 9.66 Å². The second-order valence-electron chi connectivity index (χ2n) is 8.65. The molecular weight excluding hydrogens is 576 g/mol. The van der Waals surface area contributed by atoms with Gasteiger partial charge < -0.3 is 9.47 Å². The Labute approximate surface area is 237 Å². The van der Waals surface area contributed by atoms with E-state index in [1.165, 1.54) is 16.8 Å². The molecule has 5 rings (SSSR count). The maximum Gasteiger partial charge on any atom is 0.282 e. The summed E-state index contributed by atoms with van der Waals surface area (Å²) in [5.41, 5.74) is 2.33. The van der Waals surface area contributed by atoms with E-state index in [2.05, 4.69) is 21.0 Å². The Morgan fingerprint density at radius 3 is 2.50 bits per heavy atom. The van der Waals surface area contributed by atoms with E-state index < -0.39 is 4.92 Å². The third-order valence-electron chi connectivity index (χ3n) is 5.98. The summed E-state index contributed by atoms with van der Waals surface area (Å²) in [6.07, 6.45) is 1.56. The lowest BCUT2D eigenvalue weighted by molar-refractivity contribution is -0.384. The van der Waals surface area contributed by atoms with Crippen LogP contribution in [0.1, 0.15) is 18.1 Å². The van der Waals surface area contributed by atoms with Gasteiger partial charge in [0.15, 0.2) is 17.3 Å². The Morgan fingerprint density at radius 1 is 0.975 bits per heavy atom. The quantitative estimate of drug-likeness (QED) is 0.107. The molecule has 0 radical (unpaired) electrons. The van der Waals surface area contributed by atoms with Gasteiger partial charge in [0.1, 0.15) is 6.61 Å². The molecule has 0 aliphatic rings. The number of nitro benzene ring substituents is 1. The first-order valence-corrected chi connectivity index (χ1v) is 13.2. The van der Waals surface area contributed by atoms with Crippen LogP contribution in [-0.4, -0.2) is 27.4 Å². The minimum atomic E-state index is -0.445. The minimum absolute atomic E-state index is 0.00725. The van der Waals surface area contributed by atoms with E-state index in [1.807, 2.05) is 43.3 Å². The van der Waals surface area contributed by atoms with Gasteiger partial charge in [0.25, 0.3) is 11.2 Å². The number of rotatable bonds is 9. The molecule has 0 bridgehead atoms. The predicted molar refractivity (Wildman–Crippen MR) is 157 cm³/mol. The van der Waals surface area contributed by atoms with Crippen molar-refractivity contribution in [3.05, 3.63) is 127 Å². The Morgan fingerprint density at radius 2 is 1.73 bits per heavy atom. The van der Waals surface area contributed by atoms with Crippen LogP contribution in [-0.2, 0) is 6.61 Å². The Hall–Kier alpha value is -4.83. The van der Waals surface area contributed by atoms with Crippen molar-refractivity contribution in [1.29, 1.82) is 0 Å². The molecule has 10 heteroatoms. The second kappa shape index (κ2) is 11.9. The molecule has 0 aliphatic heterocycles. The molecule has 0 N–H and O–H groups in total. The van der Waals surface area contributed by atoms with Gasteiger partial charge in [-0.05, 0) is 52.7 Å². The van der Waals surface area contributed by atoms with E-state index in [9.17, 15) is 14.9 Å². The molecule has 200 valence electrons. The summed E-state index contributed by atoms with van der Waals surface area (Å²) in [6.45, 7) is 2.35. The van der Waals surface area contributed by atoms with E-state index in [0.717, 1.165) is 5.56 Å². The number of aromatic nitrogens is 2. The van der Waals surface area contributed by atoms with Crippen LogP contribution in [0.25, 0.3) is 22.3 Å². The number of benzene rings is 4. The van der Waals surface area contributed by atoms with Gasteiger partial charge in [0.05, 0.1) is 28.6 Å². The van der Waals surface area contributed by atoms with Gasteiger partial charge in [-0.3, -0.25) is 14.9 Å². The van der Waals surface area contributed by atoms with Crippen molar-refractivity contribution in [2.24, 2.45) is 5.10 Å². The summed E-state index contributed by atoms with van der Waals surface area (Å²) in [4.78, 5) is 28.8. The third kappa shape index (κ3) is 5.76. The van der Waals surface area contributed by atoms with E-state index in [-0.39, 0.29) is 17.9 Å². The smallest absolute Gasteiger partial charge is 0.282 e. The topological polar surface area (TPSA) is 109 Å². The van der Waals surface area contributed by atoms with Crippen molar-refractivity contribution in [2.75, 3.05) is 6.61 Å². The van der Waals surface area contributed by atoms with Gasteiger partial charge in [-0.1, -0.05) is 54.6 Å². The van der Waals surface area contributed by atoms with Gasteiger partial charge in [-0.25, -0.2) is 4.98 Å². The Kier molecular flexibility index (Phi) is 7.97. The fourth-order valence-electron chi connectivity index (χ4n) is 4.08. The number of nitrogens with zero attached hydrogens (tertiary/aromatic N) is 4. The maximum absolute atomic E-state index is 13.4. The number of para-hydroxylation sites is 1. The van der Waals surface area contributed by atoms with E-state index in [1.54, 1.807) is 48.7 Å². The predicted octanol–water partition coefficient (Wildman–Crippen LogP) is 6.59. The standard InChI is InChI=1S/C30H23BrN4O5/c1-2-39-27-16-22(25(31)17-28(27)40-19-20-9-8-12-23(15-20)35(37)38)18-32-34-29(21-10-4-3-5-11-21)33-26-14-7-6-13-24(26)30(34)36/h3-18H,2,19H2,1H3. The molecule has 0 amide bonds. The van der Waals surface area contributed by atoms with Crippen LogP contribution in [0.15, 0.2) is 105 Å². The first-order valence-electron chi connectivity index (χ1n) is 12.4. The third-order valence-corrected chi connectivity index (χ3v) is 6.66. The zero-order valence-electron chi connectivity index (χ0n) is 21.4. The lowest BCUT2D eigenvalue weighted by Gasteiger charge is -2.14. The van der Waals surface area contributed by atoms with E-state index >= 15 is 0 Å². The summed E-state index contributed by atoms with van der Waals surface area (Å²) in [5.74, 6) is 1.33. The lowest BCUT2D eigenvalue weighted by atomic mass is 10.2. The highest BCUT2D eigenvalue weighted by atomic mass is 79.9. The van der Waals surface area contributed by atoms with E-state index in [0.29, 0.717) is 50.4 Å².